The quantitative estimate of drug-likeness (QED) is 0.308. The van der Waals surface area contributed by atoms with E-state index in [1.54, 1.807) is 4.90 Å². The maximum Gasteiger partial charge on any atom is 0.230 e. The van der Waals surface area contributed by atoms with Crippen molar-refractivity contribution in [2.24, 2.45) is 16.1 Å². The number of hydrogen-bond acceptors (Lipinski definition) is 2. The zero-order chi connectivity index (χ0) is 16.0. The fourth-order valence-corrected chi connectivity index (χ4v) is 3.88. The molecule has 2 aliphatic carbocycles. The second-order valence-electron chi connectivity index (χ2n) is 7.22. The molecule has 2 fully saturated rings. The lowest BCUT2D eigenvalue weighted by Crippen LogP contribution is -2.43. The Balaban J connectivity index is 0.00000264. The van der Waals surface area contributed by atoms with Gasteiger partial charge >= 0.3 is 0 Å². The van der Waals surface area contributed by atoms with Gasteiger partial charge in [-0.1, -0.05) is 38.5 Å². The van der Waals surface area contributed by atoms with Gasteiger partial charge in [-0.3, -0.25) is 9.79 Å². The number of hydrogen-bond donors (Lipinski definition) is 2. The molecule has 2 rings (SSSR count). The third-order valence-corrected chi connectivity index (χ3v) is 5.18. The predicted molar refractivity (Wildman–Crippen MR) is 106 cm³/mol. The van der Waals surface area contributed by atoms with E-state index in [1.165, 1.54) is 38.5 Å². The van der Waals surface area contributed by atoms with Gasteiger partial charge in [0, 0.05) is 20.1 Å². The minimum atomic E-state index is -0.320. The second kappa shape index (κ2) is 9.69. The van der Waals surface area contributed by atoms with Gasteiger partial charge in [0.2, 0.25) is 5.91 Å². The first kappa shape index (κ1) is 20.5. The molecule has 2 saturated carbocycles. The molecule has 3 N–H and O–H groups in total. The third-order valence-electron chi connectivity index (χ3n) is 5.18. The number of guanidine groups is 1. The van der Waals surface area contributed by atoms with Crippen LogP contribution in [0.25, 0.3) is 0 Å². The Hall–Kier alpha value is -0.530. The number of nitrogens with two attached hydrogens (primary N) is 1. The summed E-state index contributed by atoms with van der Waals surface area (Å²) in [6.07, 6.45) is 11.7. The van der Waals surface area contributed by atoms with E-state index in [4.69, 9.17) is 5.73 Å². The molecule has 6 heteroatoms. The number of aliphatic imine (C=N–C) groups is 1. The molecule has 0 saturated heterocycles. The highest BCUT2D eigenvalue weighted by Gasteiger charge is 2.41. The van der Waals surface area contributed by atoms with E-state index in [0.717, 1.165) is 25.7 Å². The van der Waals surface area contributed by atoms with Gasteiger partial charge in [-0.15, -0.1) is 24.0 Å². The molecule has 0 heterocycles. The Bertz CT molecular complexity index is 397. The van der Waals surface area contributed by atoms with Gasteiger partial charge < -0.3 is 16.0 Å². The highest BCUT2D eigenvalue weighted by Crippen LogP contribution is 2.39. The zero-order valence-corrected chi connectivity index (χ0v) is 17.0. The summed E-state index contributed by atoms with van der Waals surface area (Å²) >= 11 is 0. The van der Waals surface area contributed by atoms with E-state index >= 15 is 0 Å². The van der Waals surface area contributed by atoms with Crippen molar-refractivity contribution in [1.29, 1.82) is 0 Å². The van der Waals surface area contributed by atoms with Crippen molar-refractivity contribution >= 4 is 35.8 Å². The Morgan fingerprint density at radius 1 is 1.13 bits per heavy atom. The molecule has 0 radical (unpaired) electrons. The van der Waals surface area contributed by atoms with Crippen LogP contribution < -0.4 is 11.1 Å². The summed E-state index contributed by atoms with van der Waals surface area (Å²) in [5.74, 6) is 0.723. The van der Waals surface area contributed by atoms with Gasteiger partial charge in [0.1, 0.15) is 0 Å². The van der Waals surface area contributed by atoms with Gasteiger partial charge in [-0.25, -0.2) is 0 Å². The molecule has 0 atom stereocenters. The summed E-state index contributed by atoms with van der Waals surface area (Å²) in [4.78, 5) is 18.8. The normalized spacial score (nSPS) is 22.1. The molecule has 0 aromatic carbocycles. The average Bonchev–Trinajstić information content (AvgIpc) is 2.83. The Morgan fingerprint density at radius 2 is 1.70 bits per heavy atom. The van der Waals surface area contributed by atoms with Gasteiger partial charge in [-0.05, 0) is 25.7 Å². The summed E-state index contributed by atoms with van der Waals surface area (Å²) < 4.78 is 0. The van der Waals surface area contributed by atoms with Crippen molar-refractivity contribution in [3.63, 3.8) is 0 Å². The fraction of sp³-hybridized carbons (Fsp3) is 0.882. The van der Waals surface area contributed by atoms with Gasteiger partial charge in [0.05, 0.1) is 12.0 Å². The van der Waals surface area contributed by atoms with Crippen molar-refractivity contribution in [2.45, 2.75) is 70.3 Å². The molecule has 2 aliphatic rings. The van der Waals surface area contributed by atoms with E-state index in [9.17, 15) is 4.79 Å². The Morgan fingerprint density at radius 3 is 2.22 bits per heavy atom. The fourth-order valence-electron chi connectivity index (χ4n) is 3.88. The number of carbonyl (C=O) groups is 1. The maximum atomic E-state index is 12.5. The van der Waals surface area contributed by atoms with Gasteiger partial charge in [-0.2, -0.15) is 0 Å². The highest BCUT2D eigenvalue weighted by atomic mass is 127. The van der Waals surface area contributed by atoms with Crippen LogP contribution in [0.1, 0.15) is 64.2 Å². The minimum absolute atomic E-state index is 0. The monoisotopic (exact) mass is 436 g/mol. The summed E-state index contributed by atoms with van der Waals surface area (Å²) in [5.41, 5.74) is 5.76. The van der Waals surface area contributed by atoms with Crippen LogP contribution in [0.3, 0.4) is 0 Å². The Labute approximate surface area is 157 Å². The molecular formula is C17H33IN4O. The van der Waals surface area contributed by atoms with Crippen LogP contribution in [0, 0.1) is 5.41 Å². The third kappa shape index (κ3) is 5.80. The molecule has 134 valence electrons. The average molecular weight is 436 g/mol. The van der Waals surface area contributed by atoms with Crippen LogP contribution >= 0.6 is 24.0 Å². The molecule has 23 heavy (non-hydrogen) atoms. The molecule has 0 aromatic rings. The lowest BCUT2D eigenvalue weighted by molar-refractivity contribution is -0.138. The summed E-state index contributed by atoms with van der Waals surface area (Å²) in [6.45, 7) is 0.523. The van der Waals surface area contributed by atoms with Crippen molar-refractivity contribution in [2.75, 3.05) is 20.6 Å². The van der Waals surface area contributed by atoms with Crippen molar-refractivity contribution in [3.8, 4) is 0 Å². The number of carbonyl (C=O) groups excluding carboxylic acids is 1. The molecule has 0 bridgehead atoms. The first-order valence-corrected chi connectivity index (χ1v) is 8.82. The standard InChI is InChI=1S/C17H32N4O.HI/c1-21(2)15(22)17(11-7-8-12-17)13-19-16(18)20-14-9-5-3-4-6-10-14;/h14H,3-13H2,1-2H3,(H3,18,19,20);1H. The molecule has 1 amide bonds. The summed E-state index contributed by atoms with van der Waals surface area (Å²) in [6, 6.07) is 0.454. The first-order valence-electron chi connectivity index (χ1n) is 8.82. The largest absolute Gasteiger partial charge is 0.370 e. The van der Waals surface area contributed by atoms with Crippen LogP contribution in [0.15, 0.2) is 4.99 Å². The molecular weight excluding hydrogens is 403 g/mol. The number of amides is 1. The second-order valence-corrected chi connectivity index (χ2v) is 7.22. The zero-order valence-electron chi connectivity index (χ0n) is 14.6. The van der Waals surface area contributed by atoms with E-state index in [1.807, 2.05) is 14.1 Å². The van der Waals surface area contributed by atoms with E-state index in [0.29, 0.717) is 18.5 Å². The number of nitrogens with zero attached hydrogens (tertiary/aromatic N) is 2. The predicted octanol–water partition coefficient (Wildman–Crippen LogP) is 2.88. The van der Waals surface area contributed by atoms with Crippen LogP contribution in [-0.2, 0) is 4.79 Å². The lowest BCUT2D eigenvalue weighted by atomic mass is 9.85. The lowest BCUT2D eigenvalue weighted by Gasteiger charge is -2.29. The van der Waals surface area contributed by atoms with Crippen LogP contribution in [0.4, 0.5) is 0 Å². The molecule has 0 aromatic heterocycles. The SMILES string of the molecule is CN(C)C(=O)C1(CN=C(N)NC2CCCCCC2)CCCC1.I. The molecule has 0 unspecified atom stereocenters. The molecule has 5 nitrogen and oxygen atoms in total. The first-order chi connectivity index (χ1) is 10.5. The van der Waals surface area contributed by atoms with E-state index < -0.39 is 0 Å². The topological polar surface area (TPSA) is 70.7 Å². The Kier molecular flexibility index (Phi) is 8.64. The minimum Gasteiger partial charge on any atom is -0.370 e. The number of nitrogens with one attached hydrogen (secondary N) is 1. The smallest absolute Gasteiger partial charge is 0.230 e. The van der Waals surface area contributed by atoms with Crippen LogP contribution in [0.5, 0.6) is 0 Å². The number of rotatable bonds is 4. The highest BCUT2D eigenvalue weighted by molar-refractivity contribution is 14.0. The maximum absolute atomic E-state index is 12.5. The van der Waals surface area contributed by atoms with Crippen LogP contribution in [-0.4, -0.2) is 43.4 Å². The van der Waals surface area contributed by atoms with E-state index in [-0.39, 0.29) is 35.3 Å². The summed E-state index contributed by atoms with van der Waals surface area (Å²) in [5, 5.41) is 3.37. The van der Waals surface area contributed by atoms with E-state index in [2.05, 4.69) is 10.3 Å². The molecule has 0 spiro atoms. The van der Waals surface area contributed by atoms with Crippen molar-refractivity contribution < 1.29 is 4.79 Å². The summed E-state index contributed by atoms with van der Waals surface area (Å²) in [7, 11) is 3.67. The van der Waals surface area contributed by atoms with Gasteiger partial charge in [0.25, 0.3) is 0 Å². The van der Waals surface area contributed by atoms with Crippen molar-refractivity contribution in [1.82, 2.24) is 10.2 Å². The number of halogens is 1. The van der Waals surface area contributed by atoms with Crippen LogP contribution in [0.2, 0.25) is 0 Å². The van der Waals surface area contributed by atoms with Gasteiger partial charge in [0.15, 0.2) is 5.96 Å². The van der Waals surface area contributed by atoms with Crippen molar-refractivity contribution in [3.05, 3.63) is 0 Å². The molecule has 0 aliphatic heterocycles.